The Bertz CT molecular complexity index is 977. The summed E-state index contributed by atoms with van der Waals surface area (Å²) in [6, 6.07) is 12.9. The number of carbonyl (C=O) groups is 2. The molecule has 1 heterocycles. The summed E-state index contributed by atoms with van der Waals surface area (Å²) in [7, 11) is 0. The Morgan fingerprint density at radius 3 is 2.34 bits per heavy atom. The number of para-hydroxylation sites is 1. The summed E-state index contributed by atoms with van der Waals surface area (Å²) in [5.41, 5.74) is -0.234. The van der Waals surface area contributed by atoms with Gasteiger partial charge in [0.15, 0.2) is 11.3 Å². The fourth-order valence-electron chi connectivity index (χ4n) is 2.58. The van der Waals surface area contributed by atoms with Gasteiger partial charge in [0.2, 0.25) is 11.7 Å². The number of halogens is 3. The maximum atomic E-state index is 12.7. The fourth-order valence-corrected chi connectivity index (χ4v) is 2.58. The SMILES string of the molecule is CCOC(=O)C1=C(Nc2ccccc2)OC(=Cc2ccc(C(F)(F)F)cc2)C1=O. The van der Waals surface area contributed by atoms with Crippen LogP contribution in [0.2, 0.25) is 0 Å². The van der Waals surface area contributed by atoms with E-state index in [0.717, 1.165) is 12.1 Å². The average molecular weight is 403 g/mol. The van der Waals surface area contributed by atoms with Crippen molar-refractivity contribution >= 4 is 23.5 Å². The number of alkyl halides is 3. The van der Waals surface area contributed by atoms with Crippen LogP contribution in [-0.2, 0) is 25.2 Å². The molecule has 0 unspecified atom stereocenters. The van der Waals surface area contributed by atoms with Gasteiger partial charge in [-0.05, 0) is 42.8 Å². The summed E-state index contributed by atoms with van der Waals surface area (Å²) >= 11 is 0. The maximum Gasteiger partial charge on any atom is 0.416 e. The molecule has 0 spiro atoms. The molecule has 0 amide bonds. The molecule has 0 aliphatic carbocycles. The molecule has 5 nitrogen and oxygen atoms in total. The number of ether oxygens (including phenoxy) is 2. The predicted molar refractivity (Wildman–Crippen MR) is 99.2 cm³/mol. The molecule has 0 radical (unpaired) electrons. The quantitative estimate of drug-likeness (QED) is 0.451. The van der Waals surface area contributed by atoms with Crippen LogP contribution in [0.1, 0.15) is 18.1 Å². The van der Waals surface area contributed by atoms with Crippen LogP contribution in [0, 0.1) is 0 Å². The third-order valence-electron chi connectivity index (χ3n) is 3.94. The summed E-state index contributed by atoms with van der Waals surface area (Å²) in [5.74, 6) is -1.88. The van der Waals surface area contributed by atoms with E-state index >= 15 is 0 Å². The molecule has 1 aliphatic heterocycles. The van der Waals surface area contributed by atoms with Crippen LogP contribution in [0.15, 0.2) is 71.8 Å². The third kappa shape index (κ3) is 4.66. The lowest BCUT2D eigenvalue weighted by Gasteiger charge is -2.08. The maximum absolute atomic E-state index is 12.7. The number of esters is 1. The predicted octanol–water partition coefficient (Wildman–Crippen LogP) is 4.53. The van der Waals surface area contributed by atoms with E-state index in [1.165, 1.54) is 18.2 Å². The third-order valence-corrected chi connectivity index (χ3v) is 3.94. The number of carbonyl (C=O) groups excluding carboxylic acids is 2. The molecule has 29 heavy (non-hydrogen) atoms. The molecule has 0 aromatic heterocycles. The summed E-state index contributed by atoms with van der Waals surface area (Å²) < 4.78 is 48.5. The van der Waals surface area contributed by atoms with E-state index in [4.69, 9.17) is 9.47 Å². The van der Waals surface area contributed by atoms with Crippen molar-refractivity contribution < 1.29 is 32.2 Å². The standard InChI is InChI=1S/C21H16F3NO4/c1-2-28-20(27)17-18(26)16(29-19(17)25-15-6-4-3-5-7-15)12-13-8-10-14(11-9-13)21(22,23)24/h3-12,25H,2H2,1H3. The van der Waals surface area contributed by atoms with Crippen molar-refractivity contribution in [1.29, 1.82) is 0 Å². The van der Waals surface area contributed by atoms with Crippen LogP contribution in [0.3, 0.4) is 0 Å². The molecule has 8 heteroatoms. The molecular weight excluding hydrogens is 387 g/mol. The summed E-state index contributed by atoms with van der Waals surface area (Å²) in [5, 5.41) is 2.85. The average Bonchev–Trinajstić information content (AvgIpc) is 2.97. The minimum Gasteiger partial charge on any atom is -0.462 e. The van der Waals surface area contributed by atoms with Crippen molar-refractivity contribution in [3.8, 4) is 0 Å². The molecule has 150 valence electrons. The zero-order valence-electron chi connectivity index (χ0n) is 15.2. The van der Waals surface area contributed by atoms with Crippen LogP contribution in [0.4, 0.5) is 18.9 Å². The van der Waals surface area contributed by atoms with Crippen LogP contribution < -0.4 is 5.32 Å². The molecule has 0 bridgehead atoms. The Morgan fingerprint density at radius 2 is 1.76 bits per heavy atom. The van der Waals surface area contributed by atoms with E-state index in [1.807, 2.05) is 0 Å². The van der Waals surface area contributed by atoms with Crippen molar-refractivity contribution in [1.82, 2.24) is 0 Å². The minimum absolute atomic E-state index is 0.0617. The van der Waals surface area contributed by atoms with E-state index < -0.39 is 23.5 Å². The summed E-state index contributed by atoms with van der Waals surface area (Å²) in [4.78, 5) is 24.9. The molecule has 0 atom stereocenters. The monoisotopic (exact) mass is 403 g/mol. The molecule has 0 fully saturated rings. The molecule has 2 aromatic carbocycles. The molecule has 1 aliphatic rings. The van der Waals surface area contributed by atoms with Gasteiger partial charge >= 0.3 is 12.1 Å². The fraction of sp³-hybridized carbons (Fsp3) is 0.143. The Balaban J connectivity index is 1.90. The highest BCUT2D eigenvalue weighted by molar-refractivity contribution is 6.26. The summed E-state index contributed by atoms with van der Waals surface area (Å²) in [6.07, 6.45) is -3.20. The highest BCUT2D eigenvalue weighted by atomic mass is 19.4. The van der Waals surface area contributed by atoms with E-state index in [2.05, 4.69) is 5.32 Å². The largest absolute Gasteiger partial charge is 0.462 e. The second-order valence-electron chi connectivity index (χ2n) is 5.98. The number of Topliss-reactive ketones (excluding diaryl/α,β-unsaturated/α-hetero) is 1. The van der Waals surface area contributed by atoms with Gasteiger partial charge in [0, 0.05) is 5.69 Å². The number of rotatable bonds is 5. The van der Waals surface area contributed by atoms with Crippen LogP contribution in [-0.4, -0.2) is 18.4 Å². The lowest BCUT2D eigenvalue weighted by atomic mass is 10.1. The van der Waals surface area contributed by atoms with E-state index in [9.17, 15) is 22.8 Å². The van der Waals surface area contributed by atoms with Crippen molar-refractivity contribution in [3.05, 3.63) is 82.9 Å². The second kappa shape index (κ2) is 8.22. The second-order valence-corrected chi connectivity index (χ2v) is 5.98. The number of ketones is 1. The zero-order chi connectivity index (χ0) is 21.0. The normalized spacial score (nSPS) is 15.4. The van der Waals surface area contributed by atoms with Crippen LogP contribution in [0.25, 0.3) is 6.08 Å². The molecule has 0 saturated heterocycles. The zero-order valence-corrected chi connectivity index (χ0v) is 15.2. The van der Waals surface area contributed by atoms with E-state index in [0.29, 0.717) is 11.3 Å². The summed E-state index contributed by atoms with van der Waals surface area (Å²) in [6.45, 7) is 1.66. The van der Waals surface area contributed by atoms with Crippen molar-refractivity contribution in [2.24, 2.45) is 0 Å². The number of allylic oxidation sites excluding steroid dienone is 1. The number of hydrogen-bond acceptors (Lipinski definition) is 5. The Morgan fingerprint density at radius 1 is 1.10 bits per heavy atom. The van der Waals surface area contributed by atoms with Gasteiger partial charge in [-0.2, -0.15) is 13.2 Å². The van der Waals surface area contributed by atoms with Gasteiger partial charge in [-0.3, -0.25) is 4.79 Å². The van der Waals surface area contributed by atoms with Gasteiger partial charge in [0.1, 0.15) is 0 Å². The first-order valence-electron chi connectivity index (χ1n) is 8.64. The molecule has 3 rings (SSSR count). The van der Waals surface area contributed by atoms with Gasteiger partial charge in [0.25, 0.3) is 0 Å². The van der Waals surface area contributed by atoms with Gasteiger partial charge in [-0.15, -0.1) is 0 Å². The first kappa shape index (κ1) is 20.2. The Hall–Kier alpha value is -3.55. The number of benzene rings is 2. The Kier molecular flexibility index (Phi) is 5.72. The molecule has 1 N–H and O–H groups in total. The van der Waals surface area contributed by atoms with Crippen molar-refractivity contribution in [2.45, 2.75) is 13.1 Å². The highest BCUT2D eigenvalue weighted by Gasteiger charge is 2.37. The van der Waals surface area contributed by atoms with E-state index in [1.54, 1.807) is 37.3 Å². The van der Waals surface area contributed by atoms with E-state index in [-0.39, 0.29) is 23.8 Å². The van der Waals surface area contributed by atoms with Crippen molar-refractivity contribution in [3.63, 3.8) is 0 Å². The molecular formula is C21H16F3NO4. The first-order chi connectivity index (χ1) is 13.8. The van der Waals surface area contributed by atoms with Crippen LogP contribution in [0.5, 0.6) is 0 Å². The highest BCUT2D eigenvalue weighted by Crippen LogP contribution is 2.31. The van der Waals surface area contributed by atoms with Gasteiger partial charge in [-0.25, -0.2) is 4.79 Å². The lowest BCUT2D eigenvalue weighted by Crippen LogP contribution is -2.16. The van der Waals surface area contributed by atoms with Crippen molar-refractivity contribution in [2.75, 3.05) is 11.9 Å². The number of hydrogen-bond donors (Lipinski definition) is 1. The number of anilines is 1. The first-order valence-corrected chi connectivity index (χ1v) is 8.64. The van der Waals surface area contributed by atoms with Gasteiger partial charge < -0.3 is 14.8 Å². The lowest BCUT2D eigenvalue weighted by molar-refractivity contribution is -0.140. The topological polar surface area (TPSA) is 64.6 Å². The minimum atomic E-state index is -4.46. The molecule has 2 aromatic rings. The molecule has 0 saturated carbocycles. The number of nitrogens with one attached hydrogen (secondary N) is 1. The Labute approximate surface area is 164 Å². The van der Waals surface area contributed by atoms with Gasteiger partial charge in [0.05, 0.1) is 12.2 Å². The van der Waals surface area contributed by atoms with Gasteiger partial charge in [-0.1, -0.05) is 30.3 Å². The van der Waals surface area contributed by atoms with Crippen LogP contribution >= 0.6 is 0 Å². The smallest absolute Gasteiger partial charge is 0.416 e.